The maximum Gasteiger partial charge on any atom is 0.408 e. The fourth-order valence-corrected chi connectivity index (χ4v) is 6.58. The molecule has 1 aromatic rings. The molecule has 12 nitrogen and oxygen atoms in total. The number of allylic oxidation sites excluding steroid dienone is 1. The van der Waals surface area contributed by atoms with Crippen molar-refractivity contribution in [3.63, 3.8) is 0 Å². The van der Waals surface area contributed by atoms with Gasteiger partial charge in [0.25, 0.3) is 0 Å². The van der Waals surface area contributed by atoms with Gasteiger partial charge in [0.05, 0.1) is 17.6 Å². The average Bonchev–Trinajstić information content (AvgIpc) is 3.35. The van der Waals surface area contributed by atoms with E-state index in [0.29, 0.717) is 12.8 Å². The molecule has 0 radical (unpaired) electrons. The minimum Gasteiger partial charge on any atom is -0.464 e. The van der Waals surface area contributed by atoms with Crippen LogP contribution in [-0.2, 0) is 38.1 Å². The summed E-state index contributed by atoms with van der Waals surface area (Å²) in [5.41, 5.74) is -2.22. The SMILES string of the molecule is CCOC(=O)[C@@]1(C)C/C=C\CCCCC[C@H](NC(=O)OC(C)(C)C)C(=O)N2C[C@@H](OS(=N)(=O)c3ccc(Br)cc3)C[C@H]2C(=O)N1. The summed E-state index contributed by atoms with van der Waals surface area (Å²) >= 11 is 3.32. The van der Waals surface area contributed by atoms with Gasteiger partial charge in [-0.25, -0.2) is 18.6 Å². The lowest BCUT2D eigenvalue weighted by molar-refractivity contribution is -0.153. The molecule has 2 aliphatic heterocycles. The number of hydrogen-bond donors (Lipinski definition) is 3. The van der Waals surface area contributed by atoms with Crippen LogP contribution in [0.15, 0.2) is 45.8 Å². The highest BCUT2D eigenvalue weighted by atomic mass is 79.9. The Morgan fingerprint density at radius 1 is 1.16 bits per heavy atom. The number of nitrogens with one attached hydrogen (secondary N) is 3. The van der Waals surface area contributed by atoms with Gasteiger partial charge in [-0.3, -0.25) is 13.8 Å². The van der Waals surface area contributed by atoms with Crippen molar-refractivity contribution in [2.75, 3.05) is 13.2 Å². The van der Waals surface area contributed by atoms with Gasteiger partial charge < -0.3 is 25.0 Å². The van der Waals surface area contributed by atoms with Gasteiger partial charge in [0, 0.05) is 17.4 Å². The van der Waals surface area contributed by atoms with E-state index in [0.717, 1.165) is 23.7 Å². The molecule has 2 aliphatic rings. The topological polar surface area (TPSA) is 164 Å². The molecule has 14 heteroatoms. The molecule has 0 aromatic heterocycles. The number of benzene rings is 1. The van der Waals surface area contributed by atoms with E-state index in [1.54, 1.807) is 46.8 Å². The van der Waals surface area contributed by atoms with Crippen LogP contribution in [0, 0.1) is 4.78 Å². The number of carbonyl (C=O) groups is 4. The lowest BCUT2D eigenvalue weighted by Gasteiger charge is -2.32. The van der Waals surface area contributed by atoms with Crippen molar-refractivity contribution in [2.45, 2.75) is 114 Å². The van der Waals surface area contributed by atoms with Gasteiger partial charge in [-0.15, -0.1) is 0 Å². The van der Waals surface area contributed by atoms with Gasteiger partial charge >= 0.3 is 12.1 Å². The molecule has 0 bridgehead atoms. The fourth-order valence-electron chi connectivity index (χ4n) is 5.18. The number of nitrogens with zero attached hydrogens (tertiary/aromatic N) is 1. The lowest BCUT2D eigenvalue weighted by Crippen LogP contribution is -2.59. The molecule has 1 unspecified atom stereocenters. The number of fused-ring (bicyclic) bond motifs is 1. The molecule has 0 spiro atoms. The third-order valence-corrected chi connectivity index (χ3v) is 9.38. The summed E-state index contributed by atoms with van der Waals surface area (Å²) in [5.74, 6) is -1.80. The maximum absolute atomic E-state index is 14.1. The quantitative estimate of drug-likeness (QED) is 0.274. The first kappa shape index (κ1) is 36.5. The predicted molar refractivity (Wildman–Crippen MR) is 171 cm³/mol. The first-order valence-corrected chi connectivity index (χ1v) is 17.5. The minimum atomic E-state index is -3.76. The summed E-state index contributed by atoms with van der Waals surface area (Å²) in [6.45, 7) is 8.34. The van der Waals surface area contributed by atoms with Crippen molar-refractivity contribution >= 4 is 49.8 Å². The number of halogens is 1. The molecule has 1 aromatic carbocycles. The Morgan fingerprint density at radius 3 is 2.49 bits per heavy atom. The number of ether oxygens (including phenoxy) is 2. The van der Waals surface area contributed by atoms with Crippen LogP contribution in [-0.4, -0.2) is 75.5 Å². The second-order valence-corrected chi connectivity index (χ2v) is 15.1. The third kappa shape index (κ3) is 10.5. The normalized spacial score (nSPS) is 27.2. The lowest BCUT2D eigenvalue weighted by atomic mass is 9.96. The van der Waals surface area contributed by atoms with Crippen molar-refractivity contribution < 1.29 is 37.0 Å². The van der Waals surface area contributed by atoms with Crippen molar-refractivity contribution in [1.82, 2.24) is 15.5 Å². The number of rotatable bonds is 6. The van der Waals surface area contributed by atoms with Gasteiger partial charge in [-0.1, -0.05) is 40.9 Å². The Bertz CT molecular complexity index is 1360. The zero-order chi connectivity index (χ0) is 33.4. The molecule has 1 saturated heterocycles. The van der Waals surface area contributed by atoms with Crippen molar-refractivity contribution in [1.29, 1.82) is 4.78 Å². The average molecular weight is 714 g/mol. The molecule has 250 valence electrons. The molecule has 0 saturated carbocycles. The molecule has 0 aliphatic carbocycles. The number of carbonyl (C=O) groups excluding carboxylic acids is 4. The second kappa shape index (κ2) is 15.5. The maximum atomic E-state index is 14.1. The Morgan fingerprint density at radius 2 is 1.84 bits per heavy atom. The number of esters is 1. The minimum absolute atomic E-state index is 0.0854. The van der Waals surface area contributed by atoms with Crippen LogP contribution in [0.25, 0.3) is 0 Å². The summed E-state index contributed by atoms with van der Waals surface area (Å²) in [6, 6.07) is 4.13. The van der Waals surface area contributed by atoms with E-state index in [1.165, 1.54) is 17.0 Å². The summed E-state index contributed by atoms with van der Waals surface area (Å²) in [4.78, 5) is 55.2. The summed E-state index contributed by atoms with van der Waals surface area (Å²) in [7, 11) is -3.76. The van der Waals surface area contributed by atoms with Gasteiger partial charge in [0.1, 0.15) is 23.2 Å². The molecule has 3 rings (SSSR count). The van der Waals surface area contributed by atoms with Gasteiger partial charge in [-0.2, -0.15) is 0 Å². The van der Waals surface area contributed by atoms with Crippen molar-refractivity contribution in [3.8, 4) is 0 Å². The van der Waals surface area contributed by atoms with E-state index >= 15 is 0 Å². The Labute approximate surface area is 274 Å². The highest BCUT2D eigenvalue weighted by Gasteiger charge is 2.46. The van der Waals surface area contributed by atoms with Crippen LogP contribution in [0.2, 0.25) is 0 Å². The van der Waals surface area contributed by atoms with E-state index in [9.17, 15) is 23.4 Å². The molecule has 45 heavy (non-hydrogen) atoms. The molecule has 1 fully saturated rings. The smallest absolute Gasteiger partial charge is 0.408 e. The largest absolute Gasteiger partial charge is 0.464 e. The van der Waals surface area contributed by atoms with E-state index in [-0.39, 0.29) is 30.9 Å². The Kier molecular flexibility index (Phi) is 12.6. The van der Waals surface area contributed by atoms with Crippen LogP contribution in [0.1, 0.15) is 79.6 Å². The van der Waals surface area contributed by atoms with Gasteiger partial charge in [0.15, 0.2) is 10.0 Å². The molecular weight excluding hydrogens is 668 g/mol. The number of alkyl carbamates (subject to hydrolysis) is 1. The molecule has 3 N–H and O–H groups in total. The predicted octanol–water partition coefficient (Wildman–Crippen LogP) is 5.00. The van der Waals surface area contributed by atoms with Gasteiger partial charge in [-0.05, 0) is 84.6 Å². The van der Waals surface area contributed by atoms with Crippen LogP contribution < -0.4 is 10.6 Å². The zero-order valence-corrected chi connectivity index (χ0v) is 29.0. The molecule has 5 atom stereocenters. The standard InChI is InChI=1S/C31H45BrN4O8S/c1-6-42-28(39)31(5)18-12-10-8-7-9-11-13-24(34-29(40)43-30(2,3)4)27(38)36-20-22(19-25(36)26(37)35-31)44-45(33,41)23-16-14-21(32)15-17-23/h10,12,14-17,22,24-25,33H,6-9,11,13,18-20H2,1-5H3,(H,34,40)(H,35,37)/b12-10-/t22-,24-,25-,31+,45?/m0/s1. The molecule has 2 heterocycles. The first-order chi connectivity index (χ1) is 21.0. The fraction of sp³-hybridized carbons (Fsp3) is 0.613. The zero-order valence-electron chi connectivity index (χ0n) is 26.6. The first-order valence-electron chi connectivity index (χ1n) is 15.2. The van der Waals surface area contributed by atoms with Gasteiger partial charge in [0.2, 0.25) is 11.8 Å². The van der Waals surface area contributed by atoms with Crippen LogP contribution in [0.3, 0.4) is 0 Å². The summed E-state index contributed by atoms with van der Waals surface area (Å²) < 4.78 is 39.0. The van der Waals surface area contributed by atoms with E-state index < -0.39 is 63.2 Å². The molecular formula is C31H45BrN4O8S. The number of hydrogen-bond acceptors (Lipinski definition) is 9. The highest BCUT2D eigenvalue weighted by Crippen LogP contribution is 2.28. The number of amides is 3. The van der Waals surface area contributed by atoms with Crippen molar-refractivity contribution in [2.24, 2.45) is 0 Å². The highest BCUT2D eigenvalue weighted by molar-refractivity contribution is 9.10. The van der Waals surface area contributed by atoms with E-state index in [2.05, 4.69) is 26.6 Å². The second-order valence-electron chi connectivity index (χ2n) is 12.5. The summed E-state index contributed by atoms with van der Waals surface area (Å²) in [6.07, 6.45) is 5.41. The Balaban J connectivity index is 1.97. The monoisotopic (exact) mass is 712 g/mol. The Hall–Kier alpha value is -2.97. The van der Waals surface area contributed by atoms with Crippen LogP contribution >= 0.6 is 15.9 Å². The van der Waals surface area contributed by atoms with E-state index in [4.69, 9.17) is 18.4 Å². The van der Waals surface area contributed by atoms with E-state index in [1.807, 2.05) is 12.2 Å². The van der Waals surface area contributed by atoms with Crippen molar-refractivity contribution in [3.05, 3.63) is 40.9 Å². The summed E-state index contributed by atoms with van der Waals surface area (Å²) in [5, 5.41) is 5.48. The third-order valence-electron chi connectivity index (χ3n) is 7.41. The molecule has 3 amide bonds. The van der Waals surface area contributed by atoms with Crippen LogP contribution in [0.5, 0.6) is 0 Å². The van der Waals surface area contributed by atoms with Crippen LogP contribution in [0.4, 0.5) is 4.79 Å².